The number of nitrogens with one attached hydrogen (secondary N) is 2. The van der Waals surface area contributed by atoms with Crippen molar-refractivity contribution in [3.05, 3.63) is 43.8 Å². The van der Waals surface area contributed by atoms with Crippen molar-refractivity contribution in [3.8, 4) is 0 Å². The van der Waals surface area contributed by atoms with Crippen molar-refractivity contribution in [2.24, 2.45) is 5.92 Å². The van der Waals surface area contributed by atoms with Crippen molar-refractivity contribution in [2.45, 2.75) is 45.4 Å². The number of aryl methyl sites for hydroxylation is 1. The smallest absolute Gasteiger partial charge is 0.279 e. The predicted molar refractivity (Wildman–Crippen MR) is 104 cm³/mol. The van der Waals surface area contributed by atoms with Crippen LogP contribution in [0.5, 0.6) is 0 Å². The number of carbonyl (C=O) groups excluding carboxylic acids is 3. The van der Waals surface area contributed by atoms with Crippen LogP contribution in [-0.4, -0.2) is 17.6 Å². The van der Waals surface area contributed by atoms with Crippen LogP contribution in [0.4, 0.5) is 0 Å². The van der Waals surface area contributed by atoms with Gasteiger partial charge in [-0.2, -0.15) is 0 Å². The van der Waals surface area contributed by atoms with Crippen molar-refractivity contribution < 1.29 is 14.4 Å². The van der Waals surface area contributed by atoms with Gasteiger partial charge in [0, 0.05) is 17.7 Å². The molecule has 0 aromatic carbocycles. The summed E-state index contributed by atoms with van der Waals surface area (Å²) < 4.78 is 0. The summed E-state index contributed by atoms with van der Waals surface area (Å²) in [5.74, 6) is -0.0162. The Labute approximate surface area is 160 Å². The number of fused-ring (bicyclic) bond motifs is 1. The van der Waals surface area contributed by atoms with Gasteiger partial charge in [0.05, 0.1) is 9.75 Å². The number of ketones is 1. The topological polar surface area (TPSA) is 75.3 Å². The van der Waals surface area contributed by atoms with Gasteiger partial charge in [0.2, 0.25) is 5.91 Å². The van der Waals surface area contributed by atoms with E-state index in [1.54, 1.807) is 6.07 Å². The molecule has 0 bridgehead atoms. The van der Waals surface area contributed by atoms with Gasteiger partial charge in [-0.3, -0.25) is 25.2 Å². The van der Waals surface area contributed by atoms with E-state index in [2.05, 4.69) is 17.8 Å². The molecule has 1 aliphatic rings. The molecule has 2 heterocycles. The van der Waals surface area contributed by atoms with E-state index in [4.69, 9.17) is 0 Å². The maximum atomic E-state index is 12.3. The Morgan fingerprint density at radius 2 is 2.04 bits per heavy atom. The van der Waals surface area contributed by atoms with E-state index in [1.165, 1.54) is 39.5 Å². The first kappa shape index (κ1) is 18.8. The molecular weight excluding hydrogens is 368 g/mol. The van der Waals surface area contributed by atoms with Crippen LogP contribution in [0.15, 0.2) is 23.6 Å². The van der Waals surface area contributed by atoms with E-state index in [-0.39, 0.29) is 30.4 Å². The van der Waals surface area contributed by atoms with Crippen LogP contribution in [0, 0.1) is 5.92 Å². The van der Waals surface area contributed by atoms with E-state index in [9.17, 15) is 14.4 Å². The van der Waals surface area contributed by atoms with Gasteiger partial charge in [0.15, 0.2) is 5.78 Å². The zero-order chi connectivity index (χ0) is 18.5. The first-order valence-electron chi connectivity index (χ1n) is 8.84. The maximum Gasteiger partial charge on any atom is 0.279 e. The Hall–Kier alpha value is -1.99. The van der Waals surface area contributed by atoms with E-state index in [1.807, 2.05) is 17.5 Å². The van der Waals surface area contributed by atoms with Crippen LogP contribution in [0.3, 0.4) is 0 Å². The summed E-state index contributed by atoms with van der Waals surface area (Å²) in [5.41, 5.74) is 6.13. The summed E-state index contributed by atoms with van der Waals surface area (Å²) in [7, 11) is 0. The number of hydrazine groups is 1. The van der Waals surface area contributed by atoms with Gasteiger partial charge in [-0.25, -0.2) is 0 Å². The molecule has 26 heavy (non-hydrogen) atoms. The maximum absolute atomic E-state index is 12.3. The highest BCUT2D eigenvalue weighted by Gasteiger charge is 2.22. The lowest BCUT2D eigenvalue weighted by molar-refractivity contribution is -0.121. The highest BCUT2D eigenvalue weighted by atomic mass is 32.1. The zero-order valence-electron chi connectivity index (χ0n) is 14.7. The lowest BCUT2D eigenvalue weighted by atomic mass is 9.87. The van der Waals surface area contributed by atoms with Crippen LogP contribution < -0.4 is 10.9 Å². The van der Waals surface area contributed by atoms with Crippen molar-refractivity contribution >= 4 is 40.3 Å². The molecule has 0 saturated heterocycles. The largest absolute Gasteiger partial charge is 0.293 e. The van der Waals surface area contributed by atoms with Crippen molar-refractivity contribution in [1.29, 1.82) is 0 Å². The minimum Gasteiger partial charge on any atom is -0.293 e. The average molecular weight is 391 g/mol. The molecule has 0 saturated carbocycles. The highest BCUT2D eigenvalue weighted by Crippen LogP contribution is 2.33. The van der Waals surface area contributed by atoms with Crippen molar-refractivity contribution in [1.82, 2.24) is 10.9 Å². The van der Waals surface area contributed by atoms with Crippen molar-refractivity contribution in [2.75, 3.05) is 0 Å². The molecule has 1 atom stereocenters. The standard InChI is InChI=1S/C19H22N2O3S2/c1-2-12-5-7-15-13(10-12)11-17(26-15)19(24)21-20-18(23)8-6-14(22)16-4-3-9-25-16/h3-4,9,11-12H,2,5-8,10H2,1H3,(H,20,23)(H,21,24)/t12-/m0/s1. The lowest BCUT2D eigenvalue weighted by Gasteiger charge is -2.19. The third-order valence-corrected chi connectivity index (χ3v) is 6.82. The van der Waals surface area contributed by atoms with E-state index in [0.29, 0.717) is 15.7 Å². The zero-order valence-corrected chi connectivity index (χ0v) is 16.3. The number of thiophene rings is 2. The molecule has 2 aromatic rings. The molecule has 1 aliphatic carbocycles. The number of hydrogen-bond acceptors (Lipinski definition) is 5. The number of Topliss-reactive ketones (excluding diaryl/α,β-unsaturated/α-hetero) is 1. The quantitative estimate of drug-likeness (QED) is 0.583. The van der Waals surface area contributed by atoms with Gasteiger partial charge in [-0.1, -0.05) is 19.4 Å². The van der Waals surface area contributed by atoms with E-state index in [0.717, 1.165) is 19.3 Å². The number of rotatable bonds is 6. The number of amides is 2. The van der Waals surface area contributed by atoms with Gasteiger partial charge in [-0.15, -0.1) is 22.7 Å². The first-order valence-corrected chi connectivity index (χ1v) is 10.5. The third kappa shape index (κ3) is 4.59. The lowest BCUT2D eigenvalue weighted by Crippen LogP contribution is -2.41. The number of carbonyl (C=O) groups is 3. The van der Waals surface area contributed by atoms with Crippen LogP contribution in [-0.2, 0) is 17.6 Å². The molecule has 2 aromatic heterocycles. The Bertz CT molecular complexity index is 796. The Morgan fingerprint density at radius 3 is 2.77 bits per heavy atom. The molecule has 5 nitrogen and oxygen atoms in total. The summed E-state index contributed by atoms with van der Waals surface area (Å²) in [6.45, 7) is 2.20. The Morgan fingerprint density at radius 1 is 1.19 bits per heavy atom. The fraction of sp³-hybridized carbons (Fsp3) is 0.421. The monoisotopic (exact) mass is 390 g/mol. The summed E-state index contributed by atoms with van der Waals surface area (Å²) in [4.78, 5) is 38.6. The number of hydrogen-bond donors (Lipinski definition) is 2. The minimum atomic E-state index is -0.365. The Kier molecular flexibility index (Phi) is 6.21. The van der Waals surface area contributed by atoms with Crippen LogP contribution in [0.25, 0.3) is 0 Å². The fourth-order valence-corrected chi connectivity index (χ4v) is 4.90. The van der Waals surface area contributed by atoms with Gasteiger partial charge in [0.1, 0.15) is 0 Å². The molecule has 0 radical (unpaired) electrons. The van der Waals surface area contributed by atoms with Gasteiger partial charge >= 0.3 is 0 Å². The first-order chi connectivity index (χ1) is 12.6. The van der Waals surface area contributed by atoms with E-state index >= 15 is 0 Å². The molecule has 0 aliphatic heterocycles. The third-order valence-electron chi connectivity index (χ3n) is 4.68. The molecule has 138 valence electrons. The van der Waals surface area contributed by atoms with Crippen LogP contribution >= 0.6 is 22.7 Å². The highest BCUT2D eigenvalue weighted by molar-refractivity contribution is 7.14. The van der Waals surface area contributed by atoms with Crippen LogP contribution in [0.1, 0.15) is 62.4 Å². The predicted octanol–water partition coefficient (Wildman–Crippen LogP) is 3.75. The average Bonchev–Trinajstić information content (AvgIpc) is 3.32. The summed E-state index contributed by atoms with van der Waals surface area (Å²) in [5, 5.41) is 1.83. The second-order valence-corrected chi connectivity index (χ2v) is 8.56. The molecule has 0 spiro atoms. The van der Waals surface area contributed by atoms with Crippen LogP contribution in [0.2, 0.25) is 0 Å². The normalized spacial score (nSPS) is 16.0. The molecule has 7 heteroatoms. The Balaban J connectivity index is 1.46. The second kappa shape index (κ2) is 8.60. The minimum absolute atomic E-state index is 0.0517. The molecule has 3 rings (SSSR count). The SMILES string of the molecule is CC[C@H]1CCc2sc(C(=O)NNC(=O)CCC(=O)c3cccs3)cc2C1. The summed E-state index contributed by atoms with van der Waals surface area (Å²) >= 11 is 2.87. The second-order valence-electron chi connectivity index (χ2n) is 6.48. The van der Waals surface area contributed by atoms with Gasteiger partial charge in [-0.05, 0) is 48.3 Å². The van der Waals surface area contributed by atoms with Gasteiger partial charge < -0.3 is 0 Å². The fourth-order valence-electron chi connectivity index (χ4n) is 3.10. The molecule has 0 fully saturated rings. The summed E-state index contributed by atoms with van der Waals surface area (Å²) in [6.07, 6.45) is 4.59. The van der Waals surface area contributed by atoms with E-state index < -0.39 is 0 Å². The van der Waals surface area contributed by atoms with Gasteiger partial charge in [0.25, 0.3) is 5.91 Å². The molecule has 2 amide bonds. The van der Waals surface area contributed by atoms with Crippen molar-refractivity contribution in [3.63, 3.8) is 0 Å². The molecule has 2 N–H and O–H groups in total. The summed E-state index contributed by atoms with van der Waals surface area (Å²) in [6, 6.07) is 5.50. The molecular formula is C19H22N2O3S2. The molecule has 0 unspecified atom stereocenters.